The van der Waals surface area contributed by atoms with Crippen molar-refractivity contribution < 1.29 is 13.2 Å². The van der Waals surface area contributed by atoms with Gasteiger partial charge in [-0.1, -0.05) is 48.9 Å². The second-order valence-electron chi connectivity index (χ2n) is 6.82. The molecule has 0 aromatic heterocycles. The molecule has 30 heavy (non-hydrogen) atoms. The minimum absolute atomic E-state index is 0.121. The first kappa shape index (κ1) is 21.9. The summed E-state index contributed by atoms with van der Waals surface area (Å²) in [7, 11) is -2.22. The highest BCUT2D eigenvalue weighted by Crippen LogP contribution is 2.23. The molecule has 0 spiro atoms. The summed E-state index contributed by atoms with van der Waals surface area (Å²) >= 11 is 5.93. The second-order valence-corrected chi connectivity index (χ2v) is 9.22. The Kier molecular flexibility index (Phi) is 6.80. The molecule has 0 radical (unpaired) electrons. The Hall–Kier alpha value is -2.83. The van der Waals surface area contributed by atoms with Crippen LogP contribution in [0, 0.1) is 0 Å². The number of nitrogens with one attached hydrogen (secondary N) is 1. The Labute approximate surface area is 182 Å². The van der Waals surface area contributed by atoms with Crippen LogP contribution >= 0.6 is 11.6 Å². The molecule has 0 saturated carbocycles. The number of hydrogen-bond acceptors (Lipinski definition) is 3. The maximum Gasteiger partial charge on any atom is 0.264 e. The van der Waals surface area contributed by atoms with E-state index in [2.05, 4.69) is 5.32 Å². The highest BCUT2D eigenvalue weighted by atomic mass is 35.5. The molecule has 7 heteroatoms. The van der Waals surface area contributed by atoms with E-state index in [0.29, 0.717) is 22.7 Å². The number of rotatable bonds is 7. The van der Waals surface area contributed by atoms with Crippen molar-refractivity contribution in [2.45, 2.75) is 24.3 Å². The van der Waals surface area contributed by atoms with Gasteiger partial charge in [0.15, 0.2) is 0 Å². The van der Waals surface area contributed by atoms with Crippen molar-refractivity contribution in [3.05, 3.63) is 95.0 Å². The van der Waals surface area contributed by atoms with Crippen LogP contribution < -0.4 is 9.62 Å². The molecule has 0 aliphatic heterocycles. The Morgan fingerprint density at radius 1 is 0.967 bits per heavy atom. The highest BCUT2D eigenvalue weighted by Gasteiger charge is 2.22. The molecule has 0 aliphatic rings. The van der Waals surface area contributed by atoms with Crippen molar-refractivity contribution in [3.8, 4) is 0 Å². The van der Waals surface area contributed by atoms with Crippen LogP contribution in [0.5, 0.6) is 0 Å². The van der Waals surface area contributed by atoms with Gasteiger partial charge in [-0.05, 0) is 60.5 Å². The third kappa shape index (κ3) is 4.83. The number of halogens is 1. The van der Waals surface area contributed by atoms with Gasteiger partial charge in [0.2, 0.25) is 0 Å². The largest absolute Gasteiger partial charge is 0.345 e. The van der Waals surface area contributed by atoms with Crippen LogP contribution in [0.2, 0.25) is 5.02 Å². The molecule has 0 saturated heterocycles. The van der Waals surface area contributed by atoms with Crippen molar-refractivity contribution in [1.82, 2.24) is 5.32 Å². The molecule has 3 rings (SSSR count). The zero-order chi connectivity index (χ0) is 21.7. The van der Waals surface area contributed by atoms with Crippen molar-refractivity contribution in [3.63, 3.8) is 0 Å². The van der Waals surface area contributed by atoms with Gasteiger partial charge in [0.25, 0.3) is 15.9 Å². The van der Waals surface area contributed by atoms with E-state index in [4.69, 9.17) is 11.6 Å². The lowest BCUT2D eigenvalue weighted by Crippen LogP contribution is -2.28. The van der Waals surface area contributed by atoms with Gasteiger partial charge in [-0.25, -0.2) is 8.42 Å². The minimum atomic E-state index is -3.72. The number of anilines is 1. The van der Waals surface area contributed by atoms with E-state index in [0.717, 1.165) is 5.56 Å². The average Bonchev–Trinajstić information content (AvgIpc) is 2.78. The Bertz CT molecular complexity index is 1100. The lowest BCUT2D eigenvalue weighted by Gasteiger charge is -2.20. The Morgan fingerprint density at radius 2 is 1.57 bits per heavy atom. The van der Waals surface area contributed by atoms with Gasteiger partial charge in [-0.15, -0.1) is 0 Å². The first-order chi connectivity index (χ1) is 14.3. The minimum Gasteiger partial charge on any atom is -0.345 e. The zero-order valence-electron chi connectivity index (χ0n) is 16.7. The number of carbonyl (C=O) groups is 1. The zero-order valence-corrected chi connectivity index (χ0v) is 18.3. The van der Waals surface area contributed by atoms with Gasteiger partial charge < -0.3 is 5.32 Å². The standard InChI is InChI=1S/C23H23ClN2O3S/c1-3-22(17-9-13-19(24)14-10-17)25-23(27)18-11-15-21(16-12-18)30(28,29)26(2)20-7-5-4-6-8-20/h4-16,22H,3H2,1-2H3,(H,25,27). The molecule has 3 aromatic rings. The van der Waals surface area contributed by atoms with E-state index in [1.165, 1.54) is 35.6 Å². The van der Waals surface area contributed by atoms with Crippen LogP contribution in [0.15, 0.2) is 83.8 Å². The van der Waals surface area contributed by atoms with Crippen LogP contribution in [0.3, 0.4) is 0 Å². The number of hydrogen-bond donors (Lipinski definition) is 1. The van der Waals surface area contributed by atoms with Gasteiger partial charge in [-0.3, -0.25) is 9.10 Å². The summed E-state index contributed by atoms with van der Waals surface area (Å²) < 4.78 is 26.9. The van der Waals surface area contributed by atoms with Gasteiger partial charge >= 0.3 is 0 Å². The quantitative estimate of drug-likeness (QED) is 0.557. The van der Waals surface area contributed by atoms with Gasteiger partial charge in [0, 0.05) is 17.6 Å². The highest BCUT2D eigenvalue weighted by molar-refractivity contribution is 7.92. The maximum absolute atomic E-state index is 12.9. The molecule has 1 amide bonds. The molecular weight excluding hydrogens is 420 g/mol. The smallest absolute Gasteiger partial charge is 0.264 e. The van der Waals surface area contributed by atoms with Gasteiger partial charge in [-0.2, -0.15) is 0 Å². The molecule has 0 aliphatic carbocycles. The summed E-state index contributed by atoms with van der Waals surface area (Å²) in [4.78, 5) is 12.8. The molecular formula is C23H23ClN2O3S. The van der Waals surface area contributed by atoms with Crippen LogP contribution in [-0.2, 0) is 10.0 Å². The van der Waals surface area contributed by atoms with Crippen LogP contribution in [0.25, 0.3) is 0 Å². The molecule has 156 valence electrons. The maximum atomic E-state index is 12.9. The Balaban J connectivity index is 1.76. The fourth-order valence-electron chi connectivity index (χ4n) is 3.07. The third-order valence-corrected chi connectivity index (χ3v) is 6.93. The van der Waals surface area contributed by atoms with Crippen LogP contribution in [-0.4, -0.2) is 21.4 Å². The molecule has 3 aromatic carbocycles. The van der Waals surface area contributed by atoms with E-state index in [1.807, 2.05) is 25.1 Å². The fraction of sp³-hybridized carbons (Fsp3) is 0.174. The summed E-state index contributed by atoms with van der Waals surface area (Å²) in [5.74, 6) is -0.267. The van der Waals surface area contributed by atoms with Crippen molar-refractivity contribution in [2.24, 2.45) is 0 Å². The molecule has 0 bridgehead atoms. The molecule has 1 N–H and O–H groups in total. The SMILES string of the molecule is CCC(NC(=O)c1ccc(S(=O)(=O)N(C)c2ccccc2)cc1)c1ccc(Cl)cc1. The van der Waals surface area contributed by atoms with Gasteiger partial charge in [0.1, 0.15) is 0 Å². The summed E-state index contributed by atoms with van der Waals surface area (Å²) in [5.41, 5.74) is 1.91. The lowest BCUT2D eigenvalue weighted by molar-refractivity contribution is 0.0935. The van der Waals surface area contributed by atoms with E-state index >= 15 is 0 Å². The number of sulfonamides is 1. The monoisotopic (exact) mass is 442 g/mol. The Morgan fingerprint density at radius 3 is 2.13 bits per heavy atom. The van der Waals surface area contributed by atoms with Gasteiger partial charge in [0.05, 0.1) is 16.6 Å². The average molecular weight is 443 g/mol. The summed E-state index contributed by atoms with van der Waals surface area (Å²) in [6, 6.07) is 21.9. The van der Waals surface area contributed by atoms with Crippen molar-refractivity contribution in [2.75, 3.05) is 11.4 Å². The van der Waals surface area contributed by atoms with Crippen LogP contribution in [0.4, 0.5) is 5.69 Å². The first-order valence-corrected chi connectivity index (χ1v) is 11.3. The number of benzene rings is 3. The summed E-state index contributed by atoms with van der Waals surface area (Å²) in [6.45, 7) is 1.98. The van der Waals surface area contributed by atoms with Crippen molar-refractivity contribution in [1.29, 1.82) is 0 Å². The fourth-order valence-corrected chi connectivity index (χ4v) is 4.39. The van der Waals surface area contributed by atoms with E-state index in [1.54, 1.807) is 36.4 Å². The summed E-state index contributed by atoms with van der Waals surface area (Å²) in [5, 5.41) is 3.62. The third-order valence-electron chi connectivity index (χ3n) is 4.88. The second kappa shape index (κ2) is 9.32. The normalized spacial score (nSPS) is 12.2. The molecule has 1 atom stereocenters. The molecule has 5 nitrogen and oxygen atoms in total. The molecule has 1 unspecified atom stereocenters. The summed E-state index contributed by atoms with van der Waals surface area (Å²) in [6.07, 6.45) is 0.710. The topological polar surface area (TPSA) is 66.5 Å². The lowest BCUT2D eigenvalue weighted by atomic mass is 10.0. The van der Waals surface area contributed by atoms with E-state index < -0.39 is 10.0 Å². The van der Waals surface area contributed by atoms with Crippen molar-refractivity contribution >= 4 is 33.2 Å². The number of carbonyl (C=O) groups excluding carboxylic acids is 1. The predicted octanol–water partition coefficient (Wildman–Crippen LogP) is 5.05. The molecule has 0 heterocycles. The van der Waals surface area contributed by atoms with E-state index in [-0.39, 0.29) is 16.8 Å². The molecule has 0 fully saturated rings. The van der Waals surface area contributed by atoms with E-state index in [9.17, 15) is 13.2 Å². The van der Waals surface area contributed by atoms with Crippen LogP contribution in [0.1, 0.15) is 35.3 Å². The number of nitrogens with zero attached hydrogens (tertiary/aromatic N) is 1. The number of para-hydroxylation sites is 1. The number of amides is 1. The first-order valence-electron chi connectivity index (χ1n) is 9.53. The predicted molar refractivity (Wildman–Crippen MR) is 120 cm³/mol.